The molecule has 0 saturated carbocycles. The number of nitrogens with one attached hydrogen (secondary N) is 1. The second-order valence-electron chi connectivity index (χ2n) is 6.84. The Balaban J connectivity index is 1.55. The third-order valence-electron chi connectivity index (χ3n) is 4.84. The number of hydrogen-bond acceptors (Lipinski definition) is 6. The highest BCUT2D eigenvalue weighted by Crippen LogP contribution is 2.25. The van der Waals surface area contributed by atoms with Crippen LogP contribution in [0.5, 0.6) is 5.75 Å². The van der Waals surface area contributed by atoms with Crippen LogP contribution in [0.2, 0.25) is 0 Å². The maximum atomic E-state index is 12.7. The minimum Gasteiger partial charge on any atom is -0.497 e. The molecule has 8 heteroatoms. The van der Waals surface area contributed by atoms with Gasteiger partial charge >= 0.3 is 0 Å². The Labute approximate surface area is 170 Å². The molecule has 0 unspecified atom stereocenters. The predicted octanol–water partition coefficient (Wildman–Crippen LogP) is 3.55. The van der Waals surface area contributed by atoms with E-state index in [4.69, 9.17) is 4.74 Å². The van der Waals surface area contributed by atoms with Crippen molar-refractivity contribution in [1.29, 1.82) is 0 Å². The van der Waals surface area contributed by atoms with Crippen molar-refractivity contribution in [1.82, 2.24) is 10.2 Å². The van der Waals surface area contributed by atoms with Crippen LogP contribution in [0.25, 0.3) is 11.3 Å². The topological polar surface area (TPSA) is 84.4 Å². The molecule has 150 valence electrons. The third kappa shape index (κ3) is 4.32. The number of nitrogens with zero attached hydrogens (tertiary/aromatic N) is 3. The fourth-order valence-corrected chi connectivity index (χ4v) is 4.40. The van der Waals surface area contributed by atoms with E-state index in [0.717, 1.165) is 24.5 Å². The van der Waals surface area contributed by atoms with Gasteiger partial charge < -0.3 is 9.64 Å². The van der Waals surface area contributed by atoms with E-state index in [9.17, 15) is 8.42 Å². The molecule has 0 amide bonds. The van der Waals surface area contributed by atoms with Crippen molar-refractivity contribution in [2.75, 3.05) is 29.8 Å². The summed E-state index contributed by atoms with van der Waals surface area (Å²) in [5.41, 5.74) is 1.93. The van der Waals surface area contributed by atoms with Gasteiger partial charge in [0.1, 0.15) is 5.75 Å². The molecule has 1 aliphatic heterocycles. The van der Waals surface area contributed by atoms with E-state index in [1.54, 1.807) is 30.3 Å². The lowest BCUT2D eigenvalue weighted by Gasteiger charge is -2.15. The van der Waals surface area contributed by atoms with Crippen LogP contribution in [0.1, 0.15) is 12.8 Å². The largest absolute Gasteiger partial charge is 0.497 e. The number of sulfonamides is 1. The van der Waals surface area contributed by atoms with Crippen molar-refractivity contribution in [3.8, 4) is 17.0 Å². The van der Waals surface area contributed by atoms with Gasteiger partial charge in [-0.05, 0) is 49.2 Å². The standard InChI is InChI=1S/C21H22N4O3S/c1-28-18-8-5-9-19(15-18)29(26,27)24-17-7-4-6-16(14-17)20-10-11-21(23-22-20)25-12-2-3-13-25/h4-11,14-15,24H,2-3,12-13H2,1H3. The summed E-state index contributed by atoms with van der Waals surface area (Å²) in [4.78, 5) is 2.35. The lowest BCUT2D eigenvalue weighted by molar-refractivity contribution is 0.413. The van der Waals surface area contributed by atoms with Crippen molar-refractivity contribution in [3.63, 3.8) is 0 Å². The zero-order chi connectivity index (χ0) is 20.3. The van der Waals surface area contributed by atoms with Crippen LogP contribution in [0.15, 0.2) is 65.6 Å². The van der Waals surface area contributed by atoms with Gasteiger partial charge in [-0.1, -0.05) is 18.2 Å². The summed E-state index contributed by atoms with van der Waals surface area (Å²) < 4.78 is 33.1. The first-order valence-electron chi connectivity index (χ1n) is 9.41. The molecule has 29 heavy (non-hydrogen) atoms. The lowest BCUT2D eigenvalue weighted by Crippen LogP contribution is -2.19. The van der Waals surface area contributed by atoms with Crippen LogP contribution >= 0.6 is 0 Å². The molecule has 3 aromatic rings. The van der Waals surface area contributed by atoms with Crippen molar-refractivity contribution in [2.24, 2.45) is 0 Å². The van der Waals surface area contributed by atoms with Crippen LogP contribution < -0.4 is 14.4 Å². The fraction of sp³-hybridized carbons (Fsp3) is 0.238. The SMILES string of the molecule is COc1cccc(S(=O)(=O)Nc2cccc(-c3ccc(N4CCCC4)nn3)c2)c1. The first-order chi connectivity index (χ1) is 14.0. The molecule has 2 aromatic carbocycles. The monoisotopic (exact) mass is 410 g/mol. The quantitative estimate of drug-likeness (QED) is 0.669. The van der Waals surface area contributed by atoms with Gasteiger partial charge in [-0.3, -0.25) is 4.72 Å². The highest BCUT2D eigenvalue weighted by atomic mass is 32.2. The Bertz CT molecular complexity index is 1090. The Morgan fingerprint density at radius 1 is 0.966 bits per heavy atom. The molecule has 1 fully saturated rings. The molecule has 1 N–H and O–H groups in total. The molecule has 0 radical (unpaired) electrons. The van der Waals surface area contributed by atoms with Crippen LogP contribution in [0.3, 0.4) is 0 Å². The number of hydrogen-bond donors (Lipinski definition) is 1. The maximum Gasteiger partial charge on any atom is 0.262 e. The van der Waals surface area contributed by atoms with Gasteiger partial charge in [0, 0.05) is 30.4 Å². The Morgan fingerprint density at radius 3 is 2.48 bits per heavy atom. The summed E-state index contributed by atoms with van der Waals surface area (Å²) in [6.45, 7) is 2.02. The number of ether oxygens (including phenoxy) is 1. The zero-order valence-electron chi connectivity index (χ0n) is 16.1. The molecule has 4 rings (SSSR count). The second kappa shape index (κ2) is 8.08. The van der Waals surface area contributed by atoms with Crippen LogP contribution in [-0.4, -0.2) is 38.8 Å². The molecular weight excluding hydrogens is 388 g/mol. The summed E-state index contributed by atoms with van der Waals surface area (Å²) in [5.74, 6) is 1.36. The lowest BCUT2D eigenvalue weighted by atomic mass is 10.1. The number of aromatic nitrogens is 2. The summed E-state index contributed by atoms with van der Waals surface area (Å²) in [7, 11) is -2.24. The highest BCUT2D eigenvalue weighted by Gasteiger charge is 2.16. The first kappa shape index (κ1) is 19.2. The zero-order valence-corrected chi connectivity index (χ0v) is 16.9. The summed E-state index contributed by atoms with van der Waals surface area (Å²) >= 11 is 0. The van der Waals surface area contributed by atoms with E-state index in [1.807, 2.05) is 18.2 Å². The summed E-state index contributed by atoms with van der Waals surface area (Å²) in [6.07, 6.45) is 2.36. The molecule has 0 atom stereocenters. The maximum absolute atomic E-state index is 12.7. The number of anilines is 2. The summed E-state index contributed by atoms with van der Waals surface area (Å²) in [6, 6.07) is 17.3. The van der Waals surface area contributed by atoms with Gasteiger partial charge in [0.05, 0.1) is 17.7 Å². The average Bonchev–Trinajstić information content (AvgIpc) is 3.29. The predicted molar refractivity (Wildman–Crippen MR) is 113 cm³/mol. The normalized spacial score (nSPS) is 14.0. The first-order valence-corrected chi connectivity index (χ1v) is 10.9. The van der Waals surface area contributed by atoms with Gasteiger partial charge in [0.15, 0.2) is 5.82 Å². The summed E-state index contributed by atoms with van der Waals surface area (Å²) in [5, 5.41) is 8.66. The molecule has 7 nitrogen and oxygen atoms in total. The molecule has 0 aliphatic carbocycles. The number of benzene rings is 2. The van der Waals surface area contributed by atoms with Crippen molar-refractivity contribution in [2.45, 2.75) is 17.7 Å². The van der Waals surface area contributed by atoms with E-state index >= 15 is 0 Å². The van der Waals surface area contributed by atoms with E-state index in [-0.39, 0.29) is 4.90 Å². The van der Waals surface area contributed by atoms with Crippen LogP contribution in [0.4, 0.5) is 11.5 Å². The number of rotatable bonds is 6. The second-order valence-corrected chi connectivity index (χ2v) is 8.52. The van der Waals surface area contributed by atoms with Crippen LogP contribution in [-0.2, 0) is 10.0 Å². The average molecular weight is 410 g/mol. The number of methoxy groups -OCH3 is 1. The van der Waals surface area contributed by atoms with E-state index < -0.39 is 10.0 Å². The van der Waals surface area contributed by atoms with E-state index in [1.165, 1.54) is 32.1 Å². The highest BCUT2D eigenvalue weighted by molar-refractivity contribution is 7.92. The van der Waals surface area contributed by atoms with E-state index in [0.29, 0.717) is 17.1 Å². The Morgan fingerprint density at radius 2 is 1.76 bits per heavy atom. The molecule has 1 saturated heterocycles. The molecule has 0 bridgehead atoms. The Kier molecular flexibility index (Phi) is 5.35. The smallest absolute Gasteiger partial charge is 0.262 e. The third-order valence-corrected chi connectivity index (χ3v) is 6.22. The van der Waals surface area contributed by atoms with Crippen LogP contribution in [0, 0.1) is 0 Å². The van der Waals surface area contributed by atoms with Crippen molar-refractivity contribution >= 4 is 21.5 Å². The van der Waals surface area contributed by atoms with Crippen molar-refractivity contribution in [3.05, 3.63) is 60.7 Å². The molecule has 0 spiro atoms. The van der Waals surface area contributed by atoms with Gasteiger partial charge in [-0.2, -0.15) is 0 Å². The molecular formula is C21H22N4O3S. The van der Waals surface area contributed by atoms with E-state index in [2.05, 4.69) is 19.8 Å². The minimum absolute atomic E-state index is 0.136. The van der Waals surface area contributed by atoms with Gasteiger partial charge in [-0.25, -0.2) is 8.42 Å². The van der Waals surface area contributed by atoms with Gasteiger partial charge in [0.2, 0.25) is 0 Å². The molecule has 2 heterocycles. The van der Waals surface area contributed by atoms with Gasteiger partial charge in [0.25, 0.3) is 10.0 Å². The van der Waals surface area contributed by atoms with Crippen molar-refractivity contribution < 1.29 is 13.2 Å². The Hall–Kier alpha value is -3.13. The fourth-order valence-electron chi connectivity index (χ4n) is 3.32. The minimum atomic E-state index is -3.74. The molecule has 1 aliphatic rings. The molecule has 1 aromatic heterocycles. The van der Waals surface area contributed by atoms with Gasteiger partial charge in [-0.15, -0.1) is 10.2 Å².